The molecule has 0 fully saturated rings. The van der Waals surface area contributed by atoms with Gasteiger partial charge in [0, 0.05) is 0 Å². The molecule has 1 atom stereocenters. The molecule has 0 aromatic heterocycles. The normalized spacial score (nSPS) is 14.1. The Morgan fingerprint density at radius 1 is 1.20 bits per heavy atom. The minimum Gasteiger partial charge on any atom is -0.295 e. The van der Waals surface area contributed by atoms with Gasteiger partial charge in [0.1, 0.15) is 0 Å². The van der Waals surface area contributed by atoms with Crippen LogP contribution in [0.5, 0.6) is 0 Å². The second-order valence-corrected chi connectivity index (χ2v) is 4.41. The largest absolute Gasteiger partial charge is 0.295 e. The zero-order chi connectivity index (χ0) is 11.8. The molecule has 0 amide bonds. The molecule has 1 heteroatoms. The van der Waals surface area contributed by atoms with Crippen LogP contribution >= 0.6 is 0 Å². The lowest BCUT2D eigenvalue weighted by Crippen LogP contribution is -1.91. The molecular weight excluding hydrogens is 184 g/mol. The molecule has 0 radical (unpaired) electrons. The van der Waals surface area contributed by atoms with E-state index < -0.39 is 0 Å². The molecule has 0 saturated carbocycles. The third-order valence-corrected chi connectivity index (χ3v) is 1.97. The van der Waals surface area contributed by atoms with Crippen molar-refractivity contribution in [2.24, 2.45) is 5.92 Å². The average molecular weight is 206 g/mol. The summed E-state index contributed by atoms with van der Waals surface area (Å²) in [7, 11) is 0. The Morgan fingerprint density at radius 3 is 2.27 bits per heavy atom. The molecule has 15 heavy (non-hydrogen) atoms. The first-order valence-electron chi connectivity index (χ1n) is 5.41. The Morgan fingerprint density at radius 2 is 1.80 bits per heavy atom. The van der Waals surface area contributed by atoms with Crippen LogP contribution in [0.3, 0.4) is 0 Å². The molecule has 0 bridgehead atoms. The van der Waals surface area contributed by atoms with Crippen LogP contribution in [-0.4, -0.2) is 5.78 Å². The first kappa shape index (κ1) is 13.9. The molecule has 0 aliphatic heterocycles. The van der Waals surface area contributed by atoms with E-state index in [9.17, 15) is 4.79 Å². The van der Waals surface area contributed by atoms with E-state index in [1.54, 1.807) is 13.0 Å². The number of rotatable bonds is 5. The number of ketones is 1. The van der Waals surface area contributed by atoms with Gasteiger partial charge in [-0.3, -0.25) is 4.79 Å². The maximum absolute atomic E-state index is 10.7. The minimum atomic E-state index is 0.0939. The standard InChI is InChI=1S/C14H22O/c1-11(2)9-13(4)10-12(3)7-6-8-14(5)15/h6-9,13H,10H2,1-5H3. The van der Waals surface area contributed by atoms with Crippen LogP contribution in [0, 0.1) is 5.92 Å². The van der Waals surface area contributed by atoms with E-state index in [2.05, 4.69) is 33.8 Å². The highest BCUT2D eigenvalue weighted by Crippen LogP contribution is 2.13. The van der Waals surface area contributed by atoms with Crippen molar-refractivity contribution in [1.82, 2.24) is 0 Å². The van der Waals surface area contributed by atoms with Crippen LogP contribution in [0.25, 0.3) is 0 Å². The maximum Gasteiger partial charge on any atom is 0.152 e. The van der Waals surface area contributed by atoms with Crippen LogP contribution in [0.1, 0.15) is 41.0 Å². The quantitative estimate of drug-likeness (QED) is 0.376. The number of hydrogen-bond acceptors (Lipinski definition) is 1. The summed E-state index contributed by atoms with van der Waals surface area (Å²) in [6.45, 7) is 10.1. The monoisotopic (exact) mass is 206 g/mol. The summed E-state index contributed by atoms with van der Waals surface area (Å²) in [5.41, 5.74) is 2.66. The summed E-state index contributed by atoms with van der Waals surface area (Å²) in [5.74, 6) is 0.661. The molecule has 0 heterocycles. The van der Waals surface area contributed by atoms with Crippen molar-refractivity contribution in [3.05, 3.63) is 35.5 Å². The van der Waals surface area contributed by atoms with Crippen molar-refractivity contribution in [3.8, 4) is 0 Å². The third kappa shape index (κ3) is 9.20. The Bertz CT molecular complexity index is 288. The highest BCUT2D eigenvalue weighted by Gasteiger charge is 1.98. The van der Waals surface area contributed by atoms with Crippen molar-refractivity contribution < 1.29 is 4.79 Å². The third-order valence-electron chi connectivity index (χ3n) is 1.97. The van der Waals surface area contributed by atoms with Gasteiger partial charge in [0.15, 0.2) is 5.78 Å². The Labute approximate surface area is 93.6 Å². The summed E-state index contributed by atoms with van der Waals surface area (Å²) >= 11 is 0. The fourth-order valence-corrected chi connectivity index (χ4v) is 1.55. The molecule has 0 aliphatic rings. The van der Waals surface area contributed by atoms with E-state index in [0.717, 1.165) is 6.42 Å². The molecule has 0 saturated heterocycles. The van der Waals surface area contributed by atoms with Crippen molar-refractivity contribution in [1.29, 1.82) is 0 Å². The molecule has 0 rings (SSSR count). The fraction of sp³-hybridized carbons (Fsp3) is 0.500. The molecule has 0 N–H and O–H groups in total. The number of hydrogen-bond donors (Lipinski definition) is 0. The number of carbonyl (C=O) groups excluding carboxylic acids is 1. The van der Waals surface area contributed by atoms with Gasteiger partial charge in [-0.25, -0.2) is 0 Å². The Kier molecular flexibility index (Phi) is 6.68. The number of allylic oxidation sites excluding steroid dienone is 6. The van der Waals surface area contributed by atoms with E-state index in [4.69, 9.17) is 0 Å². The molecule has 0 aromatic carbocycles. The summed E-state index contributed by atoms with van der Waals surface area (Å²) in [5, 5.41) is 0. The molecule has 84 valence electrons. The van der Waals surface area contributed by atoms with Crippen LogP contribution in [0.2, 0.25) is 0 Å². The summed E-state index contributed by atoms with van der Waals surface area (Å²) in [6.07, 6.45) is 8.75. The highest BCUT2D eigenvalue weighted by atomic mass is 16.1. The van der Waals surface area contributed by atoms with Crippen LogP contribution in [-0.2, 0) is 4.79 Å². The smallest absolute Gasteiger partial charge is 0.152 e. The summed E-state index contributed by atoms with van der Waals surface area (Å²) in [6, 6.07) is 0. The fourth-order valence-electron chi connectivity index (χ4n) is 1.55. The van der Waals surface area contributed by atoms with Gasteiger partial charge in [-0.2, -0.15) is 0 Å². The molecule has 0 aromatic rings. The van der Waals surface area contributed by atoms with Gasteiger partial charge >= 0.3 is 0 Å². The average Bonchev–Trinajstić information content (AvgIpc) is 2.00. The first-order valence-corrected chi connectivity index (χ1v) is 5.41. The van der Waals surface area contributed by atoms with Gasteiger partial charge in [0.25, 0.3) is 0 Å². The lowest BCUT2D eigenvalue weighted by molar-refractivity contribution is -0.112. The van der Waals surface area contributed by atoms with E-state index >= 15 is 0 Å². The summed E-state index contributed by atoms with van der Waals surface area (Å²) in [4.78, 5) is 10.7. The first-order chi connectivity index (χ1) is 6.91. The van der Waals surface area contributed by atoms with E-state index in [-0.39, 0.29) is 5.78 Å². The second kappa shape index (κ2) is 7.22. The zero-order valence-electron chi connectivity index (χ0n) is 10.5. The Hall–Kier alpha value is -1.11. The zero-order valence-corrected chi connectivity index (χ0v) is 10.5. The van der Waals surface area contributed by atoms with Crippen LogP contribution in [0.4, 0.5) is 0 Å². The Balaban J connectivity index is 4.18. The van der Waals surface area contributed by atoms with E-state index in [1.165, 1.54) is 11.1 Å². The maximum atomic E-state index is 10.7. The molecule has 1 nitrogen and oxygen atoms in total. The van der Waals surface area contributed by atoms with Crippen molar-refractivity contribution in [2.45, 2.75) is 41.0 Å². The SMILES string of the molecule is CC(=O)C=CC=C(C)CC(C)C=C(C)C. The topological polar surface area (TPSA) is 17.1 Å². The van der Waals surface area contributed by atoms with Crippen LogP contribution in [0.15, 0.2) is 35.5 Å². The van der Waals surface area contributed by atoms with Crippen molar-refractivity contribution in [3.63, 3.8) is 0 Å². The predicted octanol–water partition coefficient (Wildman–Crippen LogP) is 4.07. The van der Waals surface area contributed by atoms with Crippen molar-refractivity contribution >= 4 is 5.78 Å². The van der Waals surface area contributed by atoms with Crippen LogP contribution < -0.4 is 0 Å². The molecule has 0 spiro atoms. The molecule has 0 aliphatic carbocycles. The van der Waals surface area contributed by atoms with Gasteiger partial charge in [-0.1, -0.05) is 36.3 Å². The molecule has 1 unspecified atom stereocenters. The molecular formula is C14H22O. The lowest BCUT2D eigenvalue weighted by Gasteiger charge is -2.06. The lowest BCUT2D eigenvalue weighted by atomic mass is 10.00. The van der Waals surface area contributed by atoms with E-state index in [0.29, 0.717) is 5.92 Å². The number of carbonyl (C=O) groups is 1. The van der Waals surface area contributed by atoms with Gasteiger partial charge < -0.3 is 0 Å². The van der Waals surface area contributed by atoms with Gasteiger partial charge in [-0.05, 0) is 46.1 Å². The second-order valence-electron chi connectivity index (χ2n) is 4.41. The summed E-state index contributed by atoms with van der Waals surface area (Å²) < 4.78 is 0. The van der Waals surface area contributed by atoms with Gasteiger partial charge in [0.2, 0.25) is 0 Å². The highest BCUT2D eigenvalue weighted by molar-refractivity contribution is 5.87. The predicted molar refractivity (Wildman–Crippen MR) is 66.8 cm³/mol. The van der Waals surface area contributed by atoms with E-state index in [1.807, 2.05) is 12.2 Å². The van der Waals surface area contributed by atoms with Gasteiger partial charge in [0.05, 0.1) is 0 Å². The minimum absolute atomic E-state index is 0.0939. The van der Waals surface area contributed by atoms with Crippen molar-refractivity contribution in [2.75, 3.05) is 0 Å². The van der Waals surface area contributed by atoms with Gasteiger partial charge in [-0.15, -0.1) is 0 Å².